The molecule has 0 aliphatic heterocycles. The molecule has 9 heteroatoms. The van der Waals surface area contributed by atoms with Crippen LogP contribution in [-0.4, -0.2) is 40.0 Å². The molecule has 4 aromatic rings. The van der Waals surface area contributed by atoms with Crippen molar-refractivity contribution < 1.29 is 4.39 Å². The molecule has 4 rings (SSSR count). The number of nitrogens with zero attached hydrogens (tertiary/aromatic N) is 6. The first-order valence-electron chi connectivity index (χ1n) is 11.4. The monoisotopic (exact) mass is 510 g/mol. The zero-order valence-electron chi connectivity index (χ0n) is 19.8. The lowest BCUT2D eigenvalue weighted by atomic mass is 10.2. The third-order valence-electron chi connectivity index (χ3n) is 5.87. The number of hydrogen-bond donors (Lipinski definition) is 0. The van der Waals surface area contributed by atoms with Crippen LogP contribution in [0.2, 0.25) is 5.02 Å². The zero-order valence-corrected chi connectivity index (χ0v) is 21.4. The summed E-state index contributed by atoms with van der Waals surface area (Å²) in [6.07, 6.45) is 4.48. The highest BCUT2D eigenvalue weighted by atomic mass is 35.5. The Morgan fingerprint density at radius 3 is 2.26 bits per heavy atom. The summed E-state index contributed by atoms with van der Waals surface area (Å²) < 4.78 is 18.0. The number of rotatable bonds is 10. The first kappa shape index (κ1) is 24.9. The van der Waals surface area contributed by atoms with Crippen molar-refractivity contribution in [2.75, 3.05) is 30.4 Å². The maximum atomic E-state index is 13.4. The minimum atomic E-state index is -0.256. The van der Waals surface area contributed by atoms with E-state index in [1.54, 1.807) is 24.5 Å². The third-order valence-corrected chi connectivity index (χ3v) is 6.55. The van der Waals surface area contributed by atoms with Crippen molar-refractivity contribution in [2.45, 2.75) is 26.1 Å². The quantitative estimate of drug-likeness (QED) is 0.252. The average Bonchev–Trinajstić information content (AvgIpc) is 3.15. The highest BCUT2D eigenvalue weighted by Crippen LogP contribution is 2.18. The highest BCUT2D eigenvalue weighted by molar-refractivity contribution is 7.71. The summed E-state index contributed by atoms with van der Waals surface area (Å²) in [6.45, 7) is 2.70. The fourth-order valence-corrected chi connectivity index (χ4v) is 4.29. The second-order valence-corrected chi connectivity index (χ2v) is 9.25. The van der Waals surface area contributed by atoms with Gasteiger partial charge in [0.25, 0.3) is 0 Å². The van der Waals surface area contributed by atoms with Gasteiger partial charge in [-0.3, -0.25) is 9.55 Å². The molecule has 0 atom stereocenters. The van der Waals surface area contributed by atoms with Gasteiger partial charge in [-0.15, -0.1) is 0 Å². The first-order chi connectivity index (χ1) is 16.9. The van der Waals surface area contributed by atoms with Crippen molar-refractivity contribution in [2.24, 2.45) is 0 Å². The molecule has 0 aliphatic carbocycles. The molecule has 6 nitrogen and oxygen atoms in total. The molecular formula is C26H28ClFN6S. The predicted molar refractivity (Wildman–Crippen MR) is 142 cm³/mol. The maximum Gasteiger partial charge on any atom is 0.198 e. The van der Waals surface area contributed by atoms with Crippen LogP contribution in [0.3, 0.4) is 0 Å². The van der Waals surface area contributed by atoms with Gasteiger partial charge in [0.05, 0.1) is 13.1 Å². The van der Waals surface area contributed by atoms with Crippen LogP contribution >= 0.6 is 23.8 Å². The number of pyridine rings is 1. The first-order valence-corrected chi connectivity index (χ1v) is 12.2. The number of anilines is 2. The van der Waals surface area contributed by atoms with Gasteiger partial charge in [0.2, 0.25) is 0 Å². The van der Waals surface area contributed by atoms with Crippen LogP contribution in [0, 0.1) is 10.6 Å². The van der Waals surface area contributed by atoms with Gasteiger partial charge in [-0.25, -0.2) is 9.07 Å². The van der Waals surface area contributed by atoms with Gasteiger partial charge < -0.3 is 9.80 Å². The fraction of sp³-hybridized carbons (Fsp3) is 0.269. The van der Waals surface area contributed by atoms with Crippen LogP contribution in [0.15, 0.2) is 73.1 Å². The molecule has 0 saturated heterocycles. The number of aromatic nitrogens is 4. The van der Waals surface area contributed by atoms with E-state index in [0.717, 1.165) is 35.7 Å². The van der Waals surface area contributed by atoms with Crippen LogP contribution in [0.5, 0.6) is 0 Å². The fourth-order valence-electron chi connectivity index (χ4n) is 3.86. The van der Waals surface area contributed by atoms with E-state index in [-0.39, 0.29) is 5.82 Å². The topological polar surface area (TPSA) is 42.1 Å². The van der Waals surface area contributed by atoms with Gasteiger partial charge in [0, 0.05) is 56.0 Å². The Morgan fingerprint density at radius 1 is 0.914 bits per heavy atom. The predicted octanol–water partition coefficient (Wildman–Crippen LogP) is 5.81. The standard InChI is InChI=1S/C26H28ClFN6S/c1-31(24-12-14-29-15-13-24)16-3-17-34-26(35)33(18-20-4-6-21(27)7-5-20)25(30-34)19-32(2)23-10-8-22(28)9-11-23/h4-15H,3,16-19H2,1-2H3. The van der Waals surface area contributed by atoms with Crippen LogP contribution in [0.1, 0.15) is 17.8 Å². The van der Waals surface area contributed by atoms with E-state index >= 15 is 0 Å². The van der Waals surface area contributed by atoms with Crippen molar-refractivity contribution in [3.8, 4) is 0 Å². The molecule has 0 amide bonds. The van der Waals surface area contributed by atoms with E-state index in [2.05, 4.69) is 21.5 Å². The number of halogens is 2. The SMILES string of the molecule is CN(CCCn1nc(CN(C)c2ccc(F)cc2)n(Cc2ccc(Cl)cc2)c1=S)c1ccncc1. The minimum absolute atomic E-state index is 0.256. The highest BCUT2D eigenvalue weighted by Gasteiger charge is 2.14. The van der Waals surface area contributed by atoms with Crippen LogP contribution < -0.4 is 9.80 Å². The molecule has 0 fully saturated rings. The Balaban J connectivity index is 1.53. The van der Waals surface area contributed by atoms with Crippen LogP contribution in [0.4, 0.5) is 15.8 Å². The Bertz CT molecular complexity index is 1290. The summed E-state index contributed by atoms with van der Waals surface area (Å²) in [7, 11) is 4.03. The van der Waals surface area contributed by atoms with Gasteiger partial charge in [0.15, 0.2) is 10.6 Å². The molecule has 0 aliphatic rings. The lowest BCUT2D eigenvalue weighted by Gasteiger charge is -2.19. The van der Waals surface area contributed by atoms with Gasteiger partial charge in [-0.05, 0) is 72.7 Å². The zero-order chi connectivity index (χ0) is 24.8. The smallest absolute Gasteiger partial charge is 0.198 e. The number of aryl methyl sites for hydroxylation is 1. The maximum absolute atomic E-state index is 13.4. The molecule has 2 heterocycles. The summed E-state index contributed by atoms with van der Waals surface area (Å²) in [6, 6.07) is 18.2. The lowest BCUT2D eigenvalue weighted by molar-refractivity contribution is 0.562. The molecule has 0 bridgehead atoms. The second-order valence-electron chi connectivity index (χ2n) is 8.45. The van der Waals surface area contributed by atoms with Crippen molar-refractivity contribution in [3.05, 3.63) is 100 Å². The molecule has 2 aromatic heterocycles. The molecule has 0 radical (unpaired) electrons. The van der Waals surface area contributed by atoms with E-state index in [9.17, 15) is 4.39 Å². The van der Waals surface area contributed by atoms with Gasteiger partial charge in [0.1, 0.15) is 5.82 Å². The van der Waals surface area contributed by atoms with Gasteiger partial charge in [-0.1, -0.05) is 23.7 Å². The largest absolute Gasteiger partial charge is 0.374 e. The Kier molecular flexibility index (Phi) is 8.15. The van der Waals surface area contributed by atoms with E-state index < -0.39 is 0 Å². The van der Waals surface area contributed by atoms with Gasteiger partial charge in [-0.2, -0.15) is 5.10 Å². The number of benzene rings is 2. The van der Waals surface area contributed by atoms with Crippen molar-refractivity contribution >= 4 is 35.2 Å². The molecule has 35 heavy (non-hydrogen) atoms. The van der Waals surface area contributed by atoms with Crippen molar-refractivity contribution in [3.63, 3.8) is 0 Å². The number of hydrogen-bond acceptors (Lipinski definition) is 5. The summed E-state index contributed by atoms with van der Waals surface area (Å²) >= 11 is 11.9. The van der Waals surface area contributed by atoms with Gasteiger partial charge >= 0.3 is 0 Å². The minimum Gasteiger partial charge on any atom is -0.374 e. The van der Waals surface area contributed by atoms with Crippen LogP contribution in [0.25, 0.3) is 0 Å². The molecule has 0 saturated carbocycles. The molecule has 0 spiro atoms. The Hall–Kier alpha value is -3.23. The summed E-state index contributed by atoms with van der Waals surface area (Å²) in [5.41, 5.74) is 3.12. The van der Waals surface area contributed by atoms with E-state index in [1.165, 1.54) is 12.1 Å². The Labute approximate surface area is 215 Å². The summed E-state index contributed by atoms with van der Waals surface area (Å²) in [5, 5.41) is 5.58. The Morgan fingerprint density at radius 2 is 1.57 bits per heavy atom. The molecule has 2 aromatic carbocycles. The van der Waals surface area contributed by atoms with E-state index in [1.807, 2.05) is 53.0 Å². The molecule has 0 N–H and O–H groups in total. The average molecular weight is 511 g/mol. The van der Waals surface area contributed by atoms with E-state index in [4.69, 9.17) is 28.9 Å². The van der Waals surface area contributed by atoms with Crippen LogP contribution in [-0.2, 0) is 19.6 Å². The molecule has 182 valence electrons. The molecular weight excluding hydrogens is 483 g/mol. The van der Waals surface area contributed by atoms with E-state index in [0.29, 0.717) is 29.4 Å². The summed E-state index contributed by atoms with van der Waals surface area (Å²) in [5.74, 6) is 0.591. The third kappa shape index (κ3) is 6.46. The van der Waals surface area contributed by atoms with Crippen molar-refractivity contribution in [1.29, 1.82) is 0 Å². The summed E-state index contributed by atoms with van der Waals surface area (Å²) in [4.78, 5) is 8.31. The normalized spacial score (nSPS) is 11.0. The second kappa shape index (κ2) is 11.5. The lowest BCUT2D eigenvalue weighted by Crippen LogP contribution is -2.20. The van der Waals surface area contributed by atoms with Crippen molar-refractivity contribution in [1.82, 2.24) is 19.3 Å². The molecule has 0 unspecified atom stereocenters.